The minimum atomic E-state index is 0.323. The SMILES string of the molecule is OC[C@H]1CCN(Cc2ccccc2)C[C@@H]1NC1CC1. The summed E-state index contributed by atoms with van der Waals surface area (Å²) in [7, 11) is 0. The van der Waals surface area contributed by atoms with Gasteiger partial charge < -0.3 is 10.4 Å². The Labute approximate surface area is 115 Å². The van der Waals surface area contributed by atoms with Crippen LogP contribution in [-0.2, 0) is 6.54 Å². The van der Waals surface area contributed by atoms with Crippen LogP contribution in [0.15, 0.2) is 30.3 Å². The van der Waals surface area contributed by atoms with Gasteiger partial charge in [0.15, 0.2) is 0 Å². The number of benzene rings is 1. The van der Waals surface area contributed by atoms with Gasteiger partial charge in [0.25, 0.3) is 0 Å². The summed E-state index contributed by atoms with van der Waals surface area (Å²) in [6.07, 6.45) is 3.73. The first-order valence-electron chi connectivity index (χ1n) is 7.48. The van der Waals surface area contributed by atoms with Crippen molar-refractivity contribution in [2.75, 3.05) is 19.7 Å². The van der Waals surface area contributed by atoms with Gasteiger partial charge in [-0.15, -0.1) is 0 Å². The molecule has 2 fully saturated rings. The Kier molecular flexibility index (Phi) is 4.16. The fourth-order valence-electron chi connectivity index (χ4n) is 3.01. The predicted octanol–water partition coefficient (Wildman–Crippen LogP) is 1.62. The van der Waals surface area contributed by atoms with E-state index in [1.54, 1.807) is 0 Å². The lowest BCUT2D eigenvalue weighted by Crippen LogP contribution is -2.52. The molecule has 2 aliphatic rings. The largest absolute Gasteiger partial charge is 0.396 e. The van der Waals surface area contributed by atoms with Gasteiger partial charge in [0.2, 0.25) is 0 Å². The van der Waals surface area contributed by atoms with Crippen molar-refractivity contribution in [3.8, 4) is 0 Å². The number of rotatable bonds is 5. The molecule has 1 heterocycles. The minimum absolute atomic E-state index is 0.323. The molecule has 0 spiro atoms. The van der Waals surface area contributed by atoms with E-state index in [-0.39, 0.29) is 0 Å². The van der Waals surface area contributed by atoms with Crippen LogP contribution < -0.4 is 5.32 Å². The number of hydrogen-bond donors (Lipinski definition) is 2. The molecular formula is C16H24N2O. The number of likely N-dealkylation sites (tertiary alicyclic amines) is 1. The summed E-state index contributed by atoms with van der Waals surface area (Å²) in [4.78, 5) is 2.52. The Bertz CT molecular complexity index is 391. The Balaban J connectivity index is 1.58. The molecule has 1 aromatic rings. The van der Waals surface area contributed by atoms with Crippen molar-refractivity contribution in [3.63, 3.8) is 0 Å². The third-order valence-corrected chi connectivity index (χ3v) is 4.35. The first kappa shape index (κ1) is 13.1. The van der Waals surface area contributed by atoms with Gasteiger partial charge >= 0.3 is 0 Å². The molecule has 3 rings (SSSR count). The van der Waals surface area contributed by atoms with E-state index in [0.29, 0.717) is 18.6 Å². The van der Waals surface area contributed by atoms with E-state index in [1.165, 1.54) is 18.4 Å². The Morgan fingerprint density at radius 2 is 1.95 bits per heavy atom. The van der Waals surface area contributed by atoms with Crippen molar-refractivity contribution in [1.29, 1.82) is 0 Å². The van der Waals surface area contributed by atoms with Crippen LogP contribution in [0.25, 0.3) is 0 Å². The summed E-state index contributed by atoms with van der Waals surface area (Å²) in [6, 6.07) is 11.9. The Morgan fingerprint density at radius 1 is 1.16 bits per heavy atom. The molecule has 19 heavy (non-hydrogen) atoms. The Morgan fingerprint density at radius 3 is 2.63 bits per heavy atom. The molecule has 0 amide bonds. The summed E-state index contributed by atoms with van der Waals surface area (Å²) in [5.74, 6) is 0.438. The minimum Gasteiger partial charge on any atom is -0.396 e. The van der Waals surface area contributed by atoms with Gasteiger partial charge in [0, 0.05) is 31.8 Å². The molecule has 0 unspecified atom stereocenters. The van der Waals surface area contributed by atoms with E-state index in [9.17, 15) is 5.11 Å². The predicted molar refractivity (Wildman–Crippen MR) is 76.9 cm³/mol. The second kappa shape index (κ2) is 6.04. The van der Waals surface area contributed by atoms with Crippen LogP contribution in [0.1, 0.15) is 24.8 Å². The molecule has 3 nitrogen and oxygen atoms in total. The summed E-state index contributed by atoms with van der Waals surface area (Å²) in [6.45, 7) is 3.52. The molecule has 0 aromatic heterocycles. The third kappa shape index (κ3) is 3.56. The second-order valence-electron chi connectivity index (χ2n) is 6.00. The van der Waals surface area contributed by atoms with Gasteiger partial charge in [-0.2, -0.15) is 0 Å². The zero-order valence-electron chi connectivity index (χ0n) is 11.5. The average Bonchev–Trinajstić information content (AvgIpc) is 3.24. The molecular weight excluding hydrogens is 236 g/mol. The fourth-order valence-corrected chi connectivity index (χ4v) is 3.01. The van der Waals surface area contributed by atoms with Gasteiger partial charge in [-0.25, -0.2) is 0 Å². The fraction of sp³-hybridized carbons (Fsp3) is 0.625. The normalized spacial score (nSPS) is 28.5. The molecule has 104 valence electrons. The third-order valence-electron chi connectivity index (χ3n) is 4.35. The lowest BCUT2D eigenvalue weighted by molar-refractivity contribution is 0.0906. The molecule has 1 saturated heterocycles. The van der Waals surface area contributed by atoms with Gasteiger partial charge in [-0.05, 0) is 37.3 Å². The van der Waals surface area contributed by atoms with Gasteiger partial charge in [0.1, 0.15) is 0 Å². The Hall–Kier alpha value is -0.900. The molecule has 3 heteroatoms. The van der Waals surface area contributed by atoms with Gasteiger partial charge in [0.05, 0.1) is 0 Å². The van der Waals surface area contributed by atoms with E-state index in [2.05, 4.69) is 40.5 Å². The molecule has 2 atom stereocenters. The van der Waals surface area contributed by atoms with Gasteiger partial charge in [-0.1, -0.05) is 30.3 Å². The molecule has 1 aliphatic heterocycles. The van der Waals surface area contributed by atoms with Gasteiger partial charge in [-0.3, -0.25) is 4.90 Å². The highest BCUT2D eigenvalue weighted by Crippen LogP contribution is 2.25. The molecule has 1 aliphatic carbocycles. The summed E-state index contributed by atoms with van der Waals surface area (Å²) < 4.78 is 0. The standard InChI is InChI=1S/C16H24N2O/c19-12-14-8-9-18(10-13-4-2-1-3-5-13)11-16(14)17-15-6-7-15/h1-5,14-17,19H,6-12H2/t14-,16+/m1/s1. The average molecular weight is 260 g/mol. The molecule has 0 bridgehead atoms. The van der Waals surface area contributed by atoms with E-state index in [4.69, 9.17) is 0 Å². The zero-order chi connectivity index (χ0) is 13.1. The van der Waals surface area contributed by atoms with Crippen molar-refractivity contribution in [2.45, 2.75) is 37.9 Å². The van der Waals surface area contributed by atoms with Crippen molar-refractivity contribution in [3.05, 3.63) is 35.9 Å². The summed E-state index contributed by atoms with van der Waals surface area (Å²) >= 11 is 0. The van der Waals surface area contributed by atoms with Crippen LogP contribution >= 0.6 is 0 Å². The number of nitrogens with zero attached hydrogens (tertiary/aromatic N) is 1. The van der Waals surface area contributed by atoms with E-state index in [0.717, 1.165) is 32.1 Å². The number of piperidine rings is 1. The molecule has 0 radical (unpaired) electrons. The van der Waals surface area contributed by atoms with Crippen LogP contribution in [0.2, 0.25) is 0 Å². The lowest BCUT2D eigenvalue weighted by atomic mass is 9.92. The molecule has 2 N–H and O–H groups in total. The number of hydrogen-bond acceptors (Lipinski definition) is 3. The zero-order valence-corrected chi connectivity index (χ0v) is 11.5. The lowest BCUT2D eigenvalue weighted by Gasteiger charge is -2.38. The van der Waals surface area contributed by atoms with Crippen molar-refractivity contribution >= 4 is 0 Å². The summed E-state index contributed by atoms with van der Waals surface area (Å²) in [5.41, 5.74) is 1.38. The van der Waals surface area contributed by atoms with Crippen LogP contribution in [0, 0.1) is 5.92 Å². The number of aliphatic hydroxyl groups excluding tert-OH is 1. The van der Waals surface area contributed by atoms with Crippen LogP contribution in [0.5, 0.6) is 0 Å². The van der Waals surface area contributed by atoms with Crippen LogP contribution in [0.4, 0.5) is 0 Å². The maximum Gasteiger partial charge on any atom is 0.0475 e. The number of aliphatic hydroxyl groups is 1. The van der Waals surface area contributed by atoms with Crippen molar-refractivity contribution < 1.29 is 5.11 Å². The van der Waals surface area contributed by atoms with Crippen LogP contribution in [-0.4, -0.2) is 41.8 Å². The topological polar surface area (TPSA) is 35.5 Å². The monoisotopic (exact) mass is 260 g/mol. The van der Waals surface area contributed by atoms with Crippen molar-refractivity contribution in [1.82, 2.24) is 10.2 Å². The highest BCUT2D eigenvalue weighted by atomic mass is 16.3. The van der Waals surface area contributed by atoms with Crippen molar-refractivity contribution in [2.24, 2.45) is 5.92 Å². The molecule has 1 aromatic carbocycles. The smallest absolute Gasteiger partial charge is 0.0475 e. The summed E-state index contributed by atoms with van der Waals surface area (Å²) in [5, 5.41) is 13.2. The molecule has 1 saturated carbocycles. The van der Waals surface area contributed by atoms with E-state index < -0.39 is 0 Å². The first-order chi connectivity index (χ1) is 9.35. The van der Waals surface area contributed by atoms with Crippen LogP contribution in [0.3, 0.4) is 0 Å². The maximum atomic E-state index is 9.51. The highest BCUT2D eigenvalue weighted by molar-refractivity contribution is 5.14. The quantitative estimate of drug-likeness (QED) is 0.844. The van der Waals surface area contributed by atoms with E-state index >= 15 is 0 Å². The second-order valence-corrected chi connectivity index (χ2v) is 6.00. The first-order valence-corrected chi connectivity index (χ1v) is 7.48. The maximum absolute atomic E-state index is 9.51. The highest BCUT2D eigenvalue weighted by Gasteiger charge is 2.33. The van der Waals surface area contributed by atoms with E-state index in [1.807, 2.05) is 0 Å². The number of nitrogens with one attached hydrogen (secondary N) is 1.